The molecule has 1 unspecified atom stereocenters. The molecule has 0 aliphatic carbocycles. The van der Waals surface area contributed by atoms with Gasteiger partial charge in [-0.1, -0.05) is 18.2 Å². The summed E-state index contributed by atoms with van der Waals surface area (Å²) in [7, 11) is -3.35. The number of ether oxygens (including phenoxy) is 1. The maximum atomic E-state index is 12.8. The van der Waals surface area contributed by atoms with Gasteiger partial charge < -0.3 is 9.72 Å². The van der Waals surface area contributed by atoms with Crippen molar-refractivity contribution in [3.63, 3.8) is 0 Å². The second kappa shape index (κ2) is 7.00. The molecule has 1 aromatic heterocycles. The van der Waals surface area contributed by atoms with Gasteiger partial charge in [0.15, 0.2) is 15.9 Å². The molecular weight excluding hydrogens is 366 g/mol. The van der Waals surface area contributed by atoms with E-state index >= 15 is 0 Å². The van der Waals surface area contributed by atoms with Gasteiger partial charge >= 0.3 is 5.97 Å². The minimum Gasteiger partial charge on any atom is -0.451 e. The number of Topliss-reactive ketones (excluding diaryl/α,β-unsaturated/α-hetero) is 1. The largest absolute Gasteiger partial charge is 0.451 e. The highest BCUT2D eigenvalue weighted by atomic mass is 32.2. The van der Waals surface area contributed by atoms with Crippen LogP contribution in [0.15, 0.2) is 53.4 Å². The molecule has 0 spiro atoms. The van der Waals surface area contributed by atoms with Crippen LogP contribution in [0.5, 0.6) is 0 Å². The second-order valence-corrected chi connectivity index (χ2v) is 8.39. The van der Waals surface area contributed by atoms with E-state index in [1.165, 1.54) is 31.2 Å². The van der Waals surface area contributed by atoms with Crippen molar-refractivity contribution >= 4 is 32.5 Å². The Kier molecular flexibility index (Phi) is 4.89. The first-order valence-electron chi connectivity index (χ1n) is 8.31. The van der Waals surface area contributed by atoms with Crippen molar-refractivity contribution in [1.29, 1.82) is 0 Å². The predicted molar refractivity (Wildman–Crippen MR) is 102 cm³/mol. The molecule has 1 atom stereocenters. The number of aromatic amines is 1. The fourth-order valence-electron chi connectivity index (χ4n) is 2.92. The third kappa shape index (κ3) is 3.78. The maximum absolute atomic E-state index is 12.8. The lowest BCUT2D eigenvalue weighted by atomic mass is 10.0. The van der Waals surface area contributed by atoms with Crippen LogP contribution >= 0.6 is 0 Å². The summed E-state index contributed by atoms with van der Waals surface area (Å²) in [5.74, 6) is -0.987. The van der Waals surface area contributed by atoms with Gasteiger partial charge in [-0.25, -0.2) is 13.2 Å². The molecule has 0 radical (unpaired) electrons. The summed E-state index contributed by atoms with van der Waals surface area (Å²) in [6.07, 6.45) is 0.106. The fourth-order valence-corrected chi connectivity index (χ4v) is 3.55. The minimum atomic E-state index is -3.35. The first-order chi connectivity index (χ1) is 12.7. The average Bonchev–Trinajstić information content (AvgIpc) is 2.96. The van der Waals surface area contributed by atoms with Crippen LogP contribution in [0.25, 0.3) is 10.9 Å². The van der Waals surface area contributed by atoms with Gasteiger partial charge in [0.05, 0.1) is 10.5 Å². The fraction of sp³-hybridized carbons (Fsp3) is 0.200. The molecule has 0 amide bonds. The zero-order valence-corrected chi connectivity index (χ0v) is 16.0. The number of ketones is 1. The van der Waals surface area contributed by atoms with Crippen LogP contribution in [0.2, 0.25) is 0 Å². The zero-order chi connectivity index (χ0) is 19.8. The number of aromatic nitrogens is 1. The van der Waals surface area contributed by atoms with Gasteiger partial charge in [0.1, 0.15) is 0 Å². The van der Waals surface area contributed by atoms with Gasteiger partial charge in [-0.05, 0) is 44.2 Å². The molecule has 6 nitrogen and oxygen atoms in total. The van der Waals surface area contributed by atoms with Crippen LogP contribution < -0.4 is 0 Å². The van der Waals surface area contributed by atoms with E-state index in [1.807, 2.05) is 24.3 Å². The van der Waals surface area contributed by atoms with Gasteiger partial charge in [0, 0.05) is 28.4 Å². The van der Waals surface area contributed by atoms with Crippen LogP contribution in [0.4, 0.5) is 0 Å². The lowest BCUT2D eigenvalue weighted by molar-refractivity contribution is 0.0319. The molecule has 2 aromatic carbocycles. The number of sulfone groups is 1. The van der Waals surface area contributed by atoms with Gasteiger partial charge in [-0.2, -0.15) is 0 Å². The summed E-state index contributed by atoms with van der Waals surface area (Å²) < 4.78 is 28.3. The minimum absolute atomic E-state index is 0.109. The number of rotatable bonds is 5. The first kappa shape index (κ1) is 18.8. The van der Waals surface area contributed by atoms with Crippen LogP contribution in [-0.4, -0.2) is 37.5 Å². The number of aryl methyl sites for hydroxylation is 1. The molecule has 27 heavy (non-hydrogen) atoms. The number of carbonyl (C=O) groups is 2. The van der Waals surface area contributed by atoms with E-state index < -0.39 is 21.9 Å². The number of nitrogens with one attached hydrogen (secondary N) is 1. The number of hydrogen-bond acceptors (Lipinski definition) is 5. The quantitative estimate of drug-likeness (QED) is 0.537. The Hall–Kier alpha value is -2.93. The van der Waals surface area contributed by atoms with Crippen molar-refractivity contribution in [1.82, 2.24) is 4.98 Å². The molecule has 0 aliphatic heterocycles. The molecular formula is C20H19NO5S. The highest BCUT2D eigenvalue weighted by Gasteiger charge is 2.25. The van der Waals surface area contributed by atoms with Gasteiger partial charge in [-0.3, -0.25) is 4.79 Å². The number of hydrogen-bond donors (Lipinski definition) is 1. The summed E-state index contributed by atoms with van der Waals surface area (Å²) in [5, 5.41) is 0.778. The maximum Gasteiger partial charge on any atom is 0.338 e. The van der Waals surface area contributed by atoms with Gasteiger partial charge in [0.25, 0.3) is 0 Å². The van der Waals surface area contributed by atoms with Crippen LogP contribution in [-0.2, 0) is 14.6 Å². The first-order valence-corrected chi connectivity index (χ1v) is 10.2. The summed E-state index contributed by atoms with van der Waals surface area (Å²) >= 11 is 0. The molecule has 140 valence electrons. The van der Waals surface area contributed by atoms with E-state index in [0.29, 0.717) is 11.3 Å². The monoisotopic (exact) mass is 385 g/mol. The van der Waals surface area contributed by atoms with Crippen LogP contribution in [0.3, 0.4) is 0 Å². The van der Waals surface area contributed by atoms with Crippen molar-refractivity contribution in [2.75, 3.05) is 6.26 Å². The third-order valence-electron chi connectivity index (χ3n) is 4.31. The average molecular weight is 385 g/mol. The summed E-state index contributed by atoms with van der Waals surface area (Å²) in [4.78, 5) is 28.4. The van der Waals surface area contributed by atoms with Crippen LogP contribution in [0, 0.1) is 6.92 Å². The van der Waals surface area contributed by atoms with Gasteiger partial charge in [-0.15, -0.1) is 0 Å². The Morgan fingerprint density at radius 3 is 2.30 bits per heavy atom. The van der Waals surface area contributed by atoms with Crippen molar-refractivity contribution in [2.24, 2.45) is 0 Å². The molecule has 3 rings (SSSR count). The van der Waals surface area contributed by atoms with E-state index in [2.05, 4.69) is 4.98 Å². The SMILES string of the molecule is Cc1[nH]c2ccccc2c1C(=O)C(C)OC(=O)c1ccc(S(C)(=O)=O)cc1. The smallest absolute Gasteiger partial charge is 0.338 e. The molecule has 0 bridgehead atoms. The molecule has 0 aliphatic rings. The van der Waals surface area contributed by atoms with Crippen molar-refractivity contribution in [3.05, 3.63) is 65.4 Å². The zero-order valence-electron chi connectivity index (χ0n) is 15.1. The van der Waals surface area contributed by atoms with Crippen LogP contribution in [0.1, 0.15) is 33.3 Å². The lowest BCUT2D eigenvalue weighted by Gasteiger charge is -2.13. The summed E-state index contributed by atoms with van der Waals surface area (Å²) in [6, 6.07) is 12.8. The number of carbonyl (C=O) groups excluding carboxylic acids is 2. The molecule has 7 heteroatoms. The highest BCUT2D eigenvalue weighted by Crippen LogP contribution is 2.24. The number of esters is 1. The van der Waals surface area contributed by atoms with Crippen molar-refractivity contribution in [2.45, 2.75) is 24.8 Å². The summed E-state index contributed by atoms with van der Waals surface area (Å²) in [6.45, 7) is 3.32. The van der Waals surface area contributed by atoms with E-state index in [9.17, 15) is 18.0 Å². The normalized spacial score (nSPS) is 12.7. The van der Waals surface area contributed by atoms with E-state index in [4.69, 9.17) is 4.74 Å². The molecule has 1 heterocycles. The molecule has 1 N–H and O–H groups in total. The standard InChI is InChI=1S/C20H19NO5S/c1-12-18(16-6-4-5-7-17(16)21-12)19(22)13(2)26-20(23)14-8-10-15(11-9-14)27(3,24)25/h4-11,13,21H,1-3H3. The molecule has 0 saturated heterocycles. The Morgan fingerprint density at radius 2 is 1.67 bits per heavy atom. The molecule has 0 saturated carbocycles. The van der Waals surface area contributed by atoms with E-state index in [-0.39, 0.29) is 16.2 Å². The Bertz CT molecular complexity index is 1130. The van der Waals surface area contributed by atoms with Crippen molar-refractivity contribution in [3.8, 4) is 0 Å². The van der Waals surface area contributed by atoms with E-state index in [1.54, 1.807) is 6.92 Å². The number of fused-ring (bicyclic) bond motifs is 1. The molecule has 0 fully saturated rings. The predicted octanol–water partition coefficient (Wildman–Crippen LogP) is 3.31. The Balaban J connectivity index is 1.80. The third-order valence-corrected chi connectivity index (χ3v) is 5.44. The number of para-hydroxylation sites is 1. The second-order valence-electron chi connectivity index (χ2n) is 6.38. The highest BCUT2D eigenvalue weighted by molar-refractivity contribution is 7.90. The Labute approximate surface area is 157 Å². The Morgan fingerprint density at radius 1 is 1.04 bits per heavy atom. The summed E-state index contributed by atoms with van der Waals surface area (Å²) in [5.41, 5.74) is 2.23. The van der Waals surface area contributed by atoms with E-state index in [0.717, 1.165) is 17.2 Å². The number of H-pyrrole nitrogens is 1. The molecule has 3 aromatic rings. The van der Waals surface area contributed by atoms with Crippen molar-refractivity contribution < 1.29 is 22.7 Å². The number of benzene rings is 2. The van der Waals surface area contributed by atoms with Gasteiger partial charge in [0.2, 0.25) is 5.78 Å². The lowest BCUT2D eigenvalue weighted by Crippen LogP contribution is -2.25. The topological polar surface area (TPSA) is 93.3 Å².